The molecule has 1 aromatic carbocycles. The molecule has 190 valence electrons. The second-order valence-corrected chi connectivity index (χ2v) is 10.6. The van der Waals surface area contributed by atoms with Crippen LogP contribution >= 0.6 is 0 Å². The maximum absolute atomic E-state index is 13.5. The molecule has 0 radical (unpaired) electrons. The largest absolute Gasteiger partial charge is 0.369 e. The van der Waals surface area contributed by atoms with Crippen molar-refractivity contribution in [3.63, 3.8) is 0 Å². The Morgan fingerprint density at radius 2 is 1.77 bits per heavy atom. The van der Waals surface area contributed by atoms with Gasteiger partial charge < -0.3 is 19.9 Å². The summed E-state index contributed by atoms with van der Waals surface area (Å²) in [4.78, 5) is 45.5. The molecule has 1 N–H and O–H groups in total. The van der Waals surface area contributed by atoms with Crippen LogP contribution in [0.2, 0.25) is 0 Å². The van der Waals surface area contributed by atoms with Gasteiger partial charge in [-0.3, -0.25) is 19.3 Å². The molecule has 8 heteroatoms. The van der Waals surface area contributed by atoms with Crippen LogP contribution in [0.5, 0.6) is 0 Å². The molecule has 1 aliphatic carbocycles. The highest BCUT2D eigenvalue weighted by atomic mass is 16.5. The first kappa shape index (κ1) is 24.3. The zero-order chi connectivity index (χ0) is 24.5. The van der Waals surface area contributed by atoms with Crippen molar-refractivity contribution < 1.29 is 19.1 Å². The summed E-state index contributed by atoms with van der Waals surface area (Å²) in [5.74, 6) is -0.525. The van der Waals surface area contributed by atoms with Gasteiger partial charge in [-0.15, -0.1) is 0 Å². The molecule has 35 heavy (non-hydrogen) atoms. The lowest BCUT2D eigenvalue weighted by atomic mass is 9.91. The number of fused-ring (bicyclic) bond motifs is 1. The second kappa shape index (κ2) is 10.3. The van der Waals surface area contributed by atoms with Crippen molar-refractivity contribution in [3.8, 4) is 0 Å². The molecular weight excluding hydrogens is 444 g/mol. The number of carbonyl (C=O) groups is 3. The summed E-state index contributed by atoms with van der Waals surface area (Å²) >= 11 is 0. The zero-order valence-corrected chi connectivity index (χ0v) is 20.9. The maximum atomic E-state index is 13.5. The first-order chi connectivity index (χ1) is 17.0. The van der Waals surface area contributed by atoms with Crippen molar-refractivity contribution in [2.24, 2.45) is 5.92 Å². The van der Waals surface area contributed by atoms with E-state index in [0.29, 0.717) is 18.5 Å². The monoisotopic (exact) mass is 482 g/mol. The van der Waals surface area contributed by atoms with Crippen LogP contribution in [0.15, 0.2) is 24.3 Å². The summed E-state index contributed by atoms with van der Waals surface area (Å²) in [6.07, 6.45) is 5.25. The second-order valence-electron chi connectivity index (χ2n) is 10.6. The molecule has 3 heterocycles. The Morgan fingerprint density at radius 3 is 2.40 bits per heavy atom. The number of piperazine rings is 1. The minimum atomic E-state index is -0.668. The minimum Gasteiger partial charge on any atom is -0.369 e. The van der Waals surface area contributed by atoms with Gasteiger partial charge in [-0.05, 0) is 49.4 Å². The summed E-state index contributed by atoms with van der Waals surface area (Å²) in [5.41, 5.74) is 1.68. The van der Waals surface area contributed by atoms with Gasteiger partial charge in [0.15, 0.2) is 5.78 Å². The highest BCUT2D eigenvalue weighted by Gasteiger charge is 2.48. The third-order valence-corrected chi connectivity index (χ3v) is 8.56. The number of ketones is 1. The zero-order valence-electron chi connectivity index (χ0n) is 20.9. The molecule has 1 aromatic rings. The van der Waals surface area contributed by atoms with E-state index in [4.69, 9.17) is 4.74 Å². The third kappa shape index (κ3) is 4.83. The van der Waals surface area contributed by atoms with Crippen LogP contribution < -0.4 is 10.2 Å². The molecule has 3 aliphatic heterocycles. The van der Waals surface area contributed by atoms with Crippen LogP contribution in [0.25, 0.3) is 0 Å². The van der Waals surface area contributed by atoms with Gasteiger partial charge in [-0.2, -0.15) is 0 Å². The van der Waals surface area contributed by atoms with Gasteiger partial charge in [0.1, 0.15) is 18.7 Å². The van der Waals surface area contributed by atoms with E-state index in [9.17, 15) is 14.4 Å². The number of ether oxygens (including phenoxy) is 1. The SMILES string of the molecule is CCC(C)C(NC(=O)c1ccc(N2CCN(C3CCC3)CC2)cc1)C(=O)N1CC[C@H]2OCC(=O)[C@H]21. The summed E-state index contributed by atoms with van der Waals surface area (Å²) in [6, 6.07) is 7.33. The van der Waals surface area contributed by atoms with E-state index in [-0.39, 0.29) is 36.2 Å². The summed E-state index contributed by atoms with van der Waals surface area (Å²) in [5, 5.41) is 2.98. The number of rotatable bonds is 7. The van der Waals surface area contributed by atoms with E-state index < -0.39 is 12.1 Å². The Balaban J connectivity index is 1.21. The molecule has 0 bridgehead atoms. The Hall–Kier alpha value is -2.45. The van der Waals surface area contributed by atoms with Gasteiger partial charge >= 0.3 is 0 Å². The number of carbonyl (C=O) groups excluding carboxylic acids is 3. The van der Waals surface area contributed by atoms with Crippen molar-refractivity contribution in [2.75, 3.05) is 44.2 Å². The fourth-order valence-corrected chi connectivity index (χ4v) is 5.85. The Morgan fingerprint density at radius 1 is 1.06 bits per heavy atom. The van der Waals surface area contributed by atoms with E-state index >= 15 is 0 Å². The van der Waals surface area contributed by atoms with Crippen molar-refractivity contribution in [2.45, 2.75) is 70.2 Å². The molecule has 5 rings (SSSR count). The van der Waals surface area contributed by atoms with Gasteiger partial charge in [0.25, 0.3) is 5.91 Å². The van der Waals surface area contributed by atoms with Crippen LogP contribution in [0.1, 0.15) is 56.3 Å². The fourth-order valence-electron chi connectivity index (χ4n) is 5.85. The molecule has 8 nitrogen and oxygen atoms in total. The van der Waals surface area contributed by atoms with Gasteiger partial charge in [0.05, 0.1) is 6.10 Å². The normalized spacial score (nSPS) is 26.9. The fraction of sp³-hybridized carbons (Fsp3) is 0.667. The topological polar surface area (TPSA) is 82.2 Å². The van der Waals surface area contributed by atoms with Crippen molar-refractivity contribution in [1.29, 1.82) is 0 Å². The molecule has 4 aliphatic rings. The number of nitrogens with one attached hydrogen (secondary N) is 1. The number of hydrogen-bond acceptors (Lipinski definition) is 6. The molecule has 0 aromatic heterocycles. The molecular formula is C27H38N4O4. The van der Waals surface area contributed by atoms with Crippen LogP contribution in [0.3, 0.4) is 0 Å². The van der Waals surface area contributed by atoms with Gasteiger partial charge in [0, 0.05) is 50.0 Å². The van der Waals surface area contributed by atoms with Crippen LogP contribution in [0, 0.1) is 5.92 Å². The number of nitrogens with zero attached hydrogens (tertiary/aromatic N) is 3. The van der Waals surface area contributed by atoms with Crippen molar-refractivity contribution in [3.05, 3.63) is 29.8 Å². The van der Waals surface area contributed by atoms with E-state index in [2.05, 4.69) is 15.1 Å². The number of benzene rings is 1. The molecule has 0 spiro atoms. The first-order valence-corrected chi connectivity index (χ1v) is 13.3. The lowest BCUT2D eigenvalue weighted by Gasteiger charge is -2.43. The smallest absolute Gasteiger partial charge is 0.251 e. The van der Waals surface area contributed by atoms with Gasteiger partial charge in [-0.25, -0.2) is 0 Å². The lowest BCUT2D eigenvalue weighted by Crippen LogP contribution is -2.54. The lowest BCUT2D eigenvalue weighted by molar-refractivity contribution is -0.139. The highest BCUT2D eigenvalue weighted by Crippen LogP contribution is 2.29. The number of anilines is 1. The molecule has 4 fully saturated rings. The molecule has 1 saturated carbocycles. The molecule has 4 atom stereocenters. The number of amides is 2. The maximum Gasteiger partial charge on any atom is 0.251 e. The van der Waals surface area contributed by atoms with E-state index in [0.717, 1.165) is 44.3 Å². The molecule has 3 saturated heterocycles. The predicted octanol–water partition coefficient (Wildman–Crippen LogP) is 2.07. The Bertz CT molecular complexity index is 939. The van der Waals surface area contributed by atoms with Crippen molar-refractivity contribution >= 4 is 23.3 Å². The number of hydrogen-bond donors (Lipinski definition) is 1. The standard InChI is InChI=1S/C27H38N4O4/c1-3-18(2)24(27(34)31-12-11-23-25(31)22(32)17-35-23)28-26(33)19-7-9-21(10-8-19)30-15-13-29(14-16-30)20-5-4-6-20/h7-10,18,20,23-25H,3-6,11-17H2,1-2H3,(H,28,33)/t18?,23-,24?,25-/m1/s1. The number of likely N-dealkylation sites (tertiary alicyclic amines) is 1. The van der Waals surface area contributed by atoms with E-state index in [1.54, 1.807) is 4.90 Å². The third-order valence-electron chi connectivity index (χ3n) is 8.56. The van der Waals surface area contributed by atoms with Crippen LogP contribution in [-0.4, -0.2) is 91.0 Å². The van der Waals surface area contributed by atoms with Gasteiger partial charge in [-0.1, -0.05) is 26.7 Å². The quantitative estimate of drug-likeness (QED) is 0.641. The summed E-state index contributed by atoms with van der Waals surface area (Å²) < 4.78 is 5.54. The van der Waals surface area contributed by atoms with Crippen molar-refractivity contribution in [1.82, 2.24) is 15.1 Å². The molecule has 2 amide bonds. The first-order valence-electron chi connectivity index (χ1n) is 13.3. The Kier molecular flexibility index (Phi) is 7.12. The van der Waals surface area contributed by atoms with E-state index in [1.807, 2.05) is 38.1 Å². The summed E-state index contributed by atoms with van der Waals surface area (Å²) in [6.45, 7) is 8.74. The van der Waals surface area contributed by atoms with Crippen LogP contribution in [-0.2, 0) is 14.3 Å². The highest BCUT2D eigenvalue weighted by molar-refractivity contribution is 5.99. The minimum absolute atomic E-state index is 0.0424. The number of Topliss-reactive ketones (excluding diaryl/α,β-unsaturated/α-hetero) is 1. The van der Waals surface area contributed by atoms with E-state index in [1.165, 1.54) is 19.3 Å². The average Bonchev–Trinajstić information content (AvgIpc) is 3.44. The predicted molar refractivity (Wildman–Crippen MR) is 133 cm³/mol. The molecule has 2 unspecified atom stereocenters. The average molecular weight is 483 g/mol. The van der Waals surface area contributed by atoms with Crippen LogP contribution in [0.4, 0.5) is 5.69 Å². The Labute approximate surface area is 207 Å². The van der Waals surface area contributed by atoms with Gasteiger partial charge in [0.2, 0.25) is 5.91 Å². The summed E-state index contributed by atoms with van der Waals surface area (Å²) in [7, 11) is 0.